The molecule has 0 heterocycles. The van der Waals surface area contributed by atoms with Crippen LogP contribution in [0.15, 0.2) is 0 Å². The molecule has 0 saturated heterocycles. The molecule has 1 nitrogen and oxygen atoms in total. The van der Waals surface area contributed by atoms with Crippen molar-refractivity contribution >= 4 is 0 Å². The summed E-state index contributed by atoms with van der Waals surface area (Å²) in [7, 11) is 0. The van der Waals surface area contributed by atoms with Crippen LogP contribution in [0.3, 0.4) is 0 Å². The maximum atomic E-state index is 7.10. The Morgan fingerprint density at radius 3 is 1.75 bits per heavy atom. The second-order valence-corrected chi connectivity index (χ2v) is 0.129. The smallest absolute Gasteiger partial charge is 0.103 e. The molecule has 0 rings (SSSR count). The molecule has 24 valence electrons. The first kappa shape index (κ1) is 8.82. The molecule has 0 aromatic carbocycles. The van der Waals surface area contributed by atoms with Crippen LogP contribution >= 0.6 is 0 Å². The summed E-state index contributed by atoms with van der Waals surface area (Å²) in [6, 6.07) is 0. The zero-order valence-electron chi connectivity index (χ0n) is 1.88. The molecule has 0 aliphatic rings. The Kier molecular flexibility index (Phi) is 20.9. The Morgan fingerprint density at radius 2 is 1.75 bits per heavy atom. The van der Waals surface area contributed by atoms with Crippen molar-refractivity contribution in [3.63, 3.8) is 0 Å². The van der Waals surface area contributed by atoms with Crippen molar-refractivity contribution in [2.24, 2.45) is 0 Å². The van der Waals surface area contributed by atoms with E-state index in [0.29, 0.717) is 0 Å². The number of aliphatic hydroxyl groups is 1. The van der Waals surface area contributed by atoms with Crippen molar-refractivity contribution in [2.75, 3.05) is 0 Å². The van der Waals surface area contributed by atoms with Crippen molar-refractivity contribution in [2.45, 2.75) is 0 Å². The van der Waals surface area contributed by atoms with Gasteiger partial charge in [0, 0.05) is 37.7 Å². The molecule has 0 unspecified atom stereocenters. The number of terminal acetylenes is 1. The molecule has 0 bridgehead atoms. The second-order valence-electron chi connectivity index (χ2n) is 0.129. The van der Waals surface area contributed by atoms with Gasteiger partial charge in [0.2, 0.25) is 0 Å². The third-order valence-corrected chi connectivity index (χ3v) is 0. The van der Waals surface area contributed by atoms with Gasteiger partial charge in [0.1, 0.15) is 6.11 Å². The van der Waals surface area contributed by atoms with E-state index in [1.54, 1.807) is 0 Å². The van der Waals surface area contributed by atoms with Crippen LogP contribution in [0.25, 0.3) is 0 Å². The maximum Gasteiger partial charge on any atom is 0.103 e. The van der Waals surface area contributed by atoms with Gasteiger partial charge >= 0.3 is 0 Å². The summed E-state index contributed by atoms with van der Waals surface area (Å²) >= 11 is 0. The Labute approximate surface area is 55.0 Å². The zero-order valence-corrected chi connectivity index (χ0v) is 2.59. The Morgan fingerprint density at radius 1 is 1.75 bits per heavy atom. The van der Waals surface area contributed by atoms with E-state index in [0.717, 1.165) is 0 Å². The average Bonchev–Trinajstić information content (AvgIpc) is 0.918. The van der Waals surface area contributed by atoms with E-state index in [-0.39, 0.29) is 37.7 Å². The molecule has 0 radical (unpaired) electrons. The van der Waals surface area contributed by atoms with Gasteiger partial charge in [0.25, 0.3) is 0 Å². The van der Waals surface area contributed by atoms with Crippen LogP contribution in [-0.2, 0) is 0 Å². The normalized spacial score (nSPS) is 1.75. The van der Waals surface area contributed by atoms with Gasteiger partial charge in [-0.2, -0.15) is 0 Å². The van der Waals surface area contributed by atoms with Gasteiger partial charge in [-0.1, -0.05) is 6.42 Å². The minimum absolute atomic E-state index is 0. The second kappa shape index (κ2) is 9.47. The predicted octanol–water partition coefficient (Wildman–Crippen LogP) is -0.0504. The molecule has 0 atom stereocenters. The van der Waals surface area contributed by atoms with Crippen LogP contribution < -0.4 is 0 Å². The molecule has 1 N–H and O–H groups in total. The van der Waals surface area contributed by atoms with Crippen molar-refractivity contribution in [3.05, 3.63) is 0 Å². The molecule has 2 heteroatoms. The summed E-state index contributed by atoms with van der Waals surface area (Å²) in [6.45, 7) is 0. The van der Waals surface area contributed by atoms with E-state index in [1.165, 1.54) is 6.11 Å². The van der Waals surface area contributed by atoms with Gasteiger partial charge in [0.05, 0.1) is 0 Å². The summed E-state index contributed by atoms with van der Waals surface area (Å²) in [5, 5.41) is 7.10. The van der Waals surface area contributed by atoms with Crippen molar-refractivity contribution in [1.82, 2.24) is 0 Å². The van der Waals surface area contributed by atoms with Crippen LogP contribution in [0.4, 0.5) is 0 Å². The van der Waals surface area contributed by atoms with Crippen molar-refractivity contribution in [1.29, 1.82) is 0 Å². The zero-order chi connectivity index (χ0) is 2.71. The van der Waals surface area contributed by atoms with Crippen LogP contribution in [-0.4, -0.2) is 5.11 Å². The monoisotopic (exact) mass is 82.0 g/mol. The van der Waals surface area contributed by atoms with Gasteiger partial charge in [-0.05, 0) is 0 Å². The molecule has 0 aromatic heterocycles. The third kappa shape index (κ3) is 17.9. The van der Waals surface area contributed by atoms with E-state index >= 15 is 0 Å². The van der Waals surface area contributed by atoms with Crippen LogP contribution in [0.1, 0.15) is 0 Å². The van der Waals surface area contributed by atoms with E-state index in [2.05, 4.69) is 6.42 Å². The van der Waals surface area contributed by atoms with Crippen molar-refractivity contribution < 1.29 is 42.8 Å². The van der Waals surface area contributed by atoms with Crippen LogP contribution in [0.2, 0.25) is 0 Å². The van der Waals surface area contributed by atoms with Crippen molar-refractivity contribution in [3.8, 4) is 12.5 Å². The first-order valence-electron chi connectivity index (χ1n) is 0.512. The SMILES string of the molecule is C#CO.[Ar]. The molecule has 0 aromatic rings. The first-order chi connectivity index (χ1) is 1.41. The number of aliphatic hydroxyl groups excluding tert-OH is 1. The van der Waals surface area contributed by atoms with E-state index in [9.17, 15) is 0 Å². The summed E-state index contributed by atoms with van der Waals surface area (Å²) in [4.78, 5) is 0. The summed E-state index contributed by atoms with van der Waals surface area (Å²) < 4.78 is 0. The fourth-order valence-corrected chi connectivity index (χ4v) is 0. The fraction of sp³-hybridized carbons (Fsp3) is 0. The van der Waals surface area contributed by atoms with Gasteiger partial charge < -0.3 is 5.11 Å². The fourth-order valence-electron chi connectivity index (χ4n) is 0. The van der Waals surface area contributed by atoms with E-state index < -0.39 is 0 Å². The quantitative estimate of drug-likeness (QED) is 0.406. The predicted molar refractivity (Wildman–Crippen MR) is 10.8 cm³/mol. The van der Waals surface area contributed by atoms with Crippen LogP contribution in [0, 0.1) is 50.3 Å². The summed E-state index contributed by atoms with van der Waals surface area (Å²) in [5.41, 5.74) is 0. The number of rotatable bonds is 0. The largest absolute Gasteiger partial charge is 0.462 e. The number of hydrogen-bond acceptors (Lipinski definition) is 1. The topological polar surface area (TPSA) is 20.2 Å². The first-order valence-corrected chi connectivity index (χ1v) is 0.512. The molecule has 0 aliphatic heterocycles. The molecule has 4 heavy (non-hydrogen) atoms. The van der Waals surface area contributed by atoms with Gasteiger partial charge in [-0.25, -0.2) is 0 Å². The third-order valence-electron chi connectivity index (χ3n) is 0. The van der Waals surface area contributed by atoms with E-state index in [4.69, 9.17) is 5.11 Å². The summed E-state index contributed by atoms with van der Waals surface area (Å²) in [6.07, 6.45) is 5.40. The molecular formula is C2H2ArO. The van der Waals surface area contributed by atoms with Gasteiger partial charge in [-0.3, -0.25) is 0 Å². The Balaban J connectivity index is 0. The van der Waals surface area contributed by atoms with E-state index in [1.807, 2.05) is 0 Å². The molecule has 0 saturated carbocycles. The average molecular weight is 82.0 g/mol. The minimum Gasteiger partial charge on any atom is -0.462 e. The van der Waals surface area contributed by atoms with Gasteiger partial charge in [-0.15, -0.1) is 0 Å². The van der Waals surface area contributed by atoms with Gasteiger partial charge in [0.15, 0.2) is 0 Å². The number of hydrogen-bond donors (Lipinski definition) is 1. The molecule has 0 aliphatic carbocycles. The molecule has 0 fully saturated rings. The molecule has 0 spiro atoms. The van der Waals surface area contributed by atoms with Crippen LogP contribution in [0.5, 0.6) is 0 Å². The minimum atomic E-state index is 0. The standard InChI is InChI=1S/C2H2O.Ar/c1-2-3;/h1,3H;. The molecule has 0 amide bonds. The molecular weight excluding hydrogens is 80.0 g/mol. The maximum absolute atomic E-state index is 7.10. The summed E-state index contributed by atoms with van der Waals surface area (Å²) in [5.74, 6) is 0. The Bertz CT molecular complexity index is 27.5. The Hall–Kier alpha value is 0.620.